The summed E-state index contributed by atoms with van der Waals surface area (Å²) in [5.74, 6) is 0.892. The van der Waals surface area contributed by atoms with Gasteiger partial charge in [0.15, 0.2) is 0 Å². The van der Waals surface area contributed by atoms with E-state index in [-0.39, 0.29) is 0 Å². The molecule has 0 aliphatic carbocycles. The van der Waals surface area contributed by atoms with Gasteiger partial charge < -0.3 is 0 Å². The first-order valence-electron chi connectivity index (χ1n) is 9.14. The Morgan fingerprint density at radius 1 is 0.769 bits per heavy atom. The molecule has 0 aliphatic heterocycles. The minimum atomic E-state index is 0.737. The van der Waals surface area contributed by atoms with Crippen molar-refractivity contribution in [1.82, 2.24) is 14.9 Å². The van der Waals surface area contributed by atoms with E-state index in [0.717, 1.165) is 41.9 Å². The number of fused-ring (bicyclic) bond motifs is 2. The molecule has 0 aliphatic rings. The van der Waals surface area contributed by atoms with E-state index in [1.807, 2.05) is 6.07 Å². The Bertz CT molecular complexity index is 1050. The predicted molar refractivity (Wildman–Crippen MR) is 108 cm³/mol. The molecular formula is C23H23N3. The predicted octanol–water partition coefficient (Wildman–Crippen LogP) is 4.98. The molecule has 4 rings (SSSR count). The molecule has 0 saturated heterocycles. The number of para-hydroxylation sites is 1. The third kappa shape index (κ3) is 3.31. The number of aryl methyl sites for hydroxylation is 1. The fourth-order valence-corrected chi connectivity index (χ4v) is 3.55. The number of rotatable bonds is 5. The Morgan fingerprint density at radius 3 is 2.35 bits per heavy atom. The summed E-state index contributed by atoms with van der Waals surface area (Å²) in [5.41, 5.74) is 3.50. The van der Waals surface area contributed by atoms with E-state index in [2.05, 4.69) is 79.5 Å². The van der Waals surface area contributed by atoms with Crippen molar-refractivity contribution in [3.8, 4) is 0 Å². The highest BCUT2D eigenvalue weighted by Crippen LogP contribution is 2.21. The van der Waals surface area contributed by atoms with Gasteiger partial charge in [0, 0.05) is 11.9 Å². The Morgan fingerprint density at radius 2 is 1.50 bits per heavy atom. The van der Waals surface area contributed by atoms with Crippen molar-refractivity contribution < 1.29 is 0 Å². The van der Waals surface area contributed by atoms with Gasteiger partial charge in [-0.3, -0.25) is 4.90 Å². The molecule has 0 atom stereocenters. The van der Waals surface area contributed by atoms with E-state index >= 15 is 0 Å². The van der Waals surface area contributed by atoms with Crippen molar-refractivity contribution in [2.75, 3.05) is 7.05 Å². The molecule has 1 aromatic heterocycles. The van der Waals surface area contributed by atoms with Crippen LogP contribution in [0.3, 0.4) is 0 Å². The van der Waals surface area contributed by atoms with Crippen molar-refractivity contribution in [1.29, 1.82) is 0 Å². The van der Waals surface area contributed by atoms with Crippen LogP contribution in [0.4, 0.5) is 0 Å². The van der Waals surface area contributed by atoms with Crippen molar-refractivity contribution >= 4 is 21.7 Å². The van der Waals surface area contributed by atoms with Gasteiger partial charge in [-0.15, -0.1) is 0 Å². The van der Waals surface area contributed by atoms with Crippen molar-refractivity contribution in [2.24, 2.45) is 0 Å². The number of hydrogen-bond acceptors (Lipinski definition) is 3. The lowest BCUT2D eigenvalue weighted by Gasteiger charge is -2.18. The first-order valence-corrected chi connectivity index (χ1v) is 9.14. The number of aromatic nitrogens is 2. The largest absolute Gasteiger partial charge is 0.295 e. The highest BCUT2D eigenvalue weighted by atomic mass is 15.1. The third-order valence-corrected chi connectivity index (χ3v) is 4.79. The molecule has 130 valence electrons. The quantitative estimate of drug-likeness (QED) is 0.513. The fourth-order valence-electron chi connectivity index (χ4n) is 3.55. The molecule has 1 heterocycles. The van der Waals surface area contributed by atoms with E-state index in [1.165, 1.54) is 16.3 Å². The van der Waals surface area contributed by atoms with Gasteiger partial charge in [0.1, 0.15) is 5.82 Å². The molecule has 0 N–H and O–H groups in total. The van der Waals surface area contributed by atoms with Gasteiger partial charge in [-0.2, -0.15) is 0 Å². The molecule has 3 aromatic carbocycles. The topological polar surface area (TPSA) is 29.0 Å². The zero-order valence-electron chi connectivity index (χ0n) is 15.3. The molecule has 0 fully saturated rings. The summed E-state index contributed by atoms with van der Waals surface area (Å²) in [6.07, 6.45) is 0.920. The fraction of sp³-hybridized carbons (Fsp3) is 0.217. The van der Waals surface area contributed by atoms with Gasteiger partial charge in [0.2, 0.25) is 0 Å². The second-order valence-corrected chi connectivity index (χ2v) is 6.77. The van der Waals surface area contributed by atoms with Crippen LogP contribution in [0.25, 0.3) is 21.7 Å². The van der Waals surface area contributed by atoms with E-state index < -0.39 is 0 Å². The van der Waals surface area contributed by atoms with Gasteiger partial charge in [0.05, 0.1) is 17.8 Å². The average molecular weight is 341 g/mol. The Kier molecular flexibility index (Phi) is 4.63. The van der Waals surface area contributed by atoms with Crippen LogP contribution in [0.15, 0.2) is 66.7 Å². The maximum absolute atomic E-state index is 4.81. The summed E-state index contributed by atoms with van der Waals surface area (Å²) < 4.78 is 0. The van der Waals surface area contributed by atoms with Crippen LogP contribution in [0, 0.1) is 0 Å². The van der Waals surface area contributed by atoms with Crippen molar-refractivity contribution in [2.45, 2.75) is 26.4 Å². The monoisotopic (exact) mass is 341 g/mol. The van der Waals surface area contributed by atoms with Gasteiger partial charge in [-0.1, -0.05) is 67.6 Å². The van der Waals surface area contributed by atoms with Gasteiger partial charge >= 0.3 is 0 Å². The van der Waals surface area contributed by atoms with Crippen LogP contribution >= 0.6 is 0 Å². The highest BCUT2D eigenvalue weighted by Gasteiger charge is 2.10. The van der Waals surface area contributed by atoms with Crippen LogP contribution in [0.5, 0.6) is 0 Å². The molecule has 3 heteroatoms. The minimum absolute atomic E-state index is 0.737. The second kappa shape index (κ2) is 7.22. The summed E-state index contributed by atoms with van der Waals surface area (Å²) in [6.45, 7) is 3.76. The van der Waals surface area contributed by atoms with Crippen LogP contribution in [0.1, 0.15) is 24.0 Å². The molecule has 3 nitrogen and oxygen atoms in total. The van der Waals surface area contributed by atoms with E-state index in [4.69, 9.17) is 9.97 Å². The minimum Gasteiger partial charge on any atom is -0.295 e. The average Bonchev–Trinajstić information content (AvgIpc) is 2.67. The van der Waals surface area contributed by atoms with E-state index in [0.29, 0.717) is 0 Å². The van der Waals surface area contributed by atoms with Gasteiger partial charge in [0.25, 0.3) is 0 Å². The summed E-state index contributed by atoms with van der Waals surface area (Å²) in [5, 5.41) is 3.76. The summed E-state index contributed by atoms with van der Waals surface area (Å²) in [6, 6.07) is 23.3. The van der Waals surface area contributed by atoms with E-state index in [9.17, 15) is 0 Å². The number of nitrogens with zero attached hydrogens (tertiary/aromatic N) is 3. The normalized spacial score (nSPS) is 11.5. The van der Waals surface area contributed by atoms with Gasteiger partial charge in [-0.25, -0.2) is 9.97 Å². The maximum atomic E-state index is 4.81. The van der Waals surface area contributed by atoms with Crippen molar-refractivity contribution in [3.63, 3.8) is 0 Å². The molecule has 0 radical (unpaired) electrons. The molecule has 0 saturated carbocycles. The molecular weight excluding hydrogens is 318 g/mol. The van der Waals surface area contributed by atoms with Crippen LogP contribution in [-0.4, -0.2) is 21.9 Å². The Hall–Kier alpha value is -2.78. The first-order chi connectivity index (χ1) is 12.7. The standard InChI is InChI=1S/C23H23N3/c1-3-21-20-13-6-7-14-22(20)25-23(24-21)16-26(2)15-18-11-8-10-17-9-4-5-12-19(17)18/h4-14H,3,15-16H2,1-2H3. The first kappa shape index (κ1) is 16.7. The Balaban J connectivity index is 1.60. The number of benzene rings is 3. The summed E-state index contributed by atoms with van der Waals surface area (Å²) in [7, 11) is 2.13. The van der Waals surface area contributed by atoms with E-state index in [1.54, 1.807) is 0 Å². The molecule has 0 amide bonds. The summed E-state index contributed by atoms with van der Waals surface area (Å²) >= 11 is 0. The lowest BCUT2D eigenvalue weighted by molar-refractivity contribution is 0.312. The highest BCUT2D eigenvalue weighted by molar-refractivity contribution is 5.85. The lowest BCUT2D eigenvalue weighted by Crippen LogP contribution is -2.19. The van der Waals surface area contributed by atoms with Gasteiger partial charge in [-0.05, 0) is 35.9 Å². The zero-order chi connectivity index (χ0) is 17.9. The third-order valence-electron chi connectivity index (χ3n) is 4.79. The van der Waals surface area contributed by atoms with Crippen LogP contribution < -0.4 is 0 Å². The molecule has 26 heavy (non-hydrogen) atoms. The molecule has 0 spiro atoms. The Labute approximate surface area is 154 Å². The SMILES string of the molecule is CCc1nc(CN(C)Cc2cccc3ccccc23)nc2ccccc12. The maximum Gasteiger partial charge on any atom is 0.143 e. The van der Waals surface area contributed by atoms with Crippen LogP contribution in [0.2, 0.25) is 0 Å². The van der Waals surface area contributed by atoms with Crippen LogP contribution in [-0.2, 0) is 19.5 Å². The molecule has 4 aromatic rings. The van der Waals surface area contributed by atoms with Crippen molar-refractivity contribution in [3.05, 3.63) is 83.8 Å². The smallest absolute Gasteiger partial charge is 0.143 e. The zero-order valence-corrected chi connectivity index (χ0v) is 15.3. The lowest BCUT2D eigenvalue weighted by atomic mass is 10.0. The second-order valence-electron chi connectivity index (χ2n) is 6.77. The molecule has 0 unspecified atom stereocenters. The molecule has 0 bridgehead atoms. The number of hydrogen-bond donors (Lipinski definition) is 0. The summed E-state index contributed by atoms with van der Waals surface area (Å²) in [4.78, 5) is 11.9.